The third-order valence-electron chi connectivity index (χ3n) is 1.74. The molecular formula is C11H13ClF2O. The van der Waals surface area contributed by atoms with Gasteiger partial charge in [0.2, 0.25) is 0 Å². The number of hydrogen-bond donors (Lipinski definition) is 0. The van der Waals surface area contributed by atoms with Gasteiger partial charge in [0.05, 0.1) is 6.61 Å². The molecule has 4 heteroatoms. The molecule has 84 valence electrons. The fraction of sp³-hybridized carbons (Fsp3) is 0.455. The minimum absolute atomic E-state index is 0.245. The number of rotatable bonds is 4. The first-order valence-corrected chi connectivity index (χ1v) is 5.07. The van der Waals surface area contributed by atoms with Crippen molar-refractivity contribution in [3.63, 3.8) is 0 Å². The Morgan fingerprint density at radius 2 is 2.07 bits per heavy atom. The van der Waals surface area contributed by atoms with Crippen molar-refractivity contribution in [1.82, 2.24) is 0 Å². The fourth-order valence-electron chi connectivity index (χ4n) is 1.03. The van der Waals surface area contributed by atoms with E-state index in [9.17, 15) is 8.78 Å². The van der Waals surface area contributed by atoms with Gasteiger partial charge in [-0.05, 0) is 29.7 Å². The Balaban J connectivity index is 2.75. The minimum atomic E-state index is -3.34. The van der Waals surface area contributed by atoms with Gasteiger partial charge in [0, 0.05) is 5.56 Å². The standard InChI is InChI=1S/C11H13ClF2O/c1-8(2)7-15-10-5-3-4-9(6-10)11(12,13)14/h3-6,8H,7H2,1-2H3. The zero-order chi connectivity index (χ0) is 11.5. The minimum Gasteiger partial charge on any atom is -0.493 e. The first-order chi connectivity index (χ1) is 6.89. The Labute approximate surface area is 93.0 Å². The van der Waals surface area contributed by atoms with Gasteiger partial charge in [-0.1, -0.05) is 26.0 Å². The van der Waals surface area contributed by atoms with Gasteiger partial charge in [-0.15, -0.1) is 0 Å². The van der Waals surface area contributed by atoms with Crippen molar-refractivity contribution in [2.75, 3.05) is 6.61 Å². The van der Waals surface area contributed by atoms with E-state index in [1.165, 1.54) is 18.2 Å². The normalized spacial score (nSPS) is 11.9. The molecule has 0 atom stereocenters. The Morgan fingerprint density at radius 3 is 2.60 bits per heavy atom. The number of hydrogen-bond acceptors (Lipinski definition) is 1. The van der Waals surface area contributed by atoms with Crippen LogP contribution < -0.4 is 4.74 Å². The smallest absolute Gasteiger partial charge is 0.348 e. The van der Waals surface area contributed by atoms with E-state index in [4.69, 9.17) is 16.3 Å². The molecule has 1 aromatic carbocycles. The molecular weight excluding hydrogens is 222 g/mol. The van der Waals surface area contributed by atoms with Crippen molar-refractivity contribution < 1.29 is 13.5 Å². The lowest BCUT2D eigenvalue weighted by Gasteiger charge is -2.12. The second-order valence-corrected chi connectivity index (χ2v) is 4.21. The van der Waals surface area contributed by atoms with E-state index in [2.05, 4.69) is 0 Å². The highest BCUT2D eigenvalue weighted by atomic mass is 35.5. The van der Waals surface area contributed by atoms with E-state index in [0.29, 0.717) is 18.3 Å². The zero-order valence-electron chi connectivity index (χ0n) is 8.64. The van der Waals surface area contributed by atoms with E-state index in [1.807, 2.05) is 13.8 Å². The molecule has 0 bridgehead atoms. The Kier molecular flexibility index (Phi) is 3.91. The van der Waals surface area contributed by atoms with Crippen molar-refractivity contribution in [1.29, 1.82) is 0 Å². The maximum Gasteiger partial charge on any atom is 0.348 e. The monoisotopic (exact) mass is 234 g/mol. The summed E-state index contributed by atoms with van der Waals surface area (Å²) in [4.78, 5) is 0. The molecule has 0 aliphatic heterocycles. The quantitative estimate of drug-likeness (QED) is 0.716. The number of alkyl halides is 3. The third-order valence-corrected chi connectivity index (χ3v) is 1.96. The van der Waals surface area contributed by atoms with Crippen LogP contribution >= 0.6 is 11.6 Å². The molecule has 0 saturated carbocycles. The molecule has 15 heavy (non-hydrogen) atoms. The molecule has 0 spiro atoms. The topological polar surface area (TPSA) is 9.23 Å². The molecule has 0 heterocycles. The van der Waals surface area contributed by atoms with Gasteiger partial charge in [-0.3, -0.25) is 0 Å². The van der Waals surface area contributed by atoms with Gasteiger partial charge < -0.3 is 4.74 Å². The van der Waals surface area contributed by atoms with Crippen LogP contribution in [0.2, 0.25) is 0 Å². The molecule has 0 aromatic heterocycles. The second kappa shape index (κ2) is 4.79. The summed E-state index contributed by atoms with van der Waals surface area (Å²) in [6.07, 6.45) is 0. The molecule has 0 aliphatic carbocycles. The van der Waals surface area contributed by atoms with Crippen LogP contribution in [0.1, 0.15) is 19.4 Å². The van der Waals surface area contributed by atoms with Crippen LogP contribution in [0.15, 0.2) is 24.3 Å². The Bertz CT molecular complexity index is 321. The van der Waals surface area contributed by atoms with Gasteiger partial charge in [0.25, 0.3) is 0 Å². The fourth-order valence-corrected chi connectivity index (χ4v) is 1.14. The lowest BCUT2D eigenvalue weighted by atomic mass is 10.2. The van der Waals surface area contributed by atoms with E-state index in [0.717, 1.165) is 0 Å². The average molecular weight is 235 g/mol. The SMILES string of the molecule is CC(C)COc1cccc(C(F)(F)Cl)c1. The molecule has 0 radical (unpaired) electrons. The Morgan fingerprint density at radius 1 is 1.40 bits per heavy atom. The van der Waals surface area contributed by atoms with Gasteiger partial charge in [0.1, 0.15) is 5.75 Å². The predicted octanol–water partition coefficient (Wildman–Crippen LogP) is 4.01. The number of halogens is 3. The summed E-state index contributed by atoms with van der Waals surface area (Å²) in [5.41, 5.74) is -0.245. The number of benzene rings is 1. The van der Waals surface area contributed by atoms with Crippen molar-refractivity contribution in [3.8, 4) is 5.75 Å². The van der Waals surface area contributed by atoms with Crippen LogP contribution in [0.4, 0.5) is 8.78 Å². The summed E-state index contributed by atoms with van der Waals surface area (Å²) in [6, 6.07) is 5.67. The maximum atomic E-state index is 12.7. The van der Waals surface area contributed by atoms with Crippen LogP contribution in [-0.4, -0.2) is 6.61 Å². The molecule has 1 aromatic rings. The predicted molar refractivity (Wildman–Crippen MR) is 56.5 cm³/mol. The highest BCUT2D eigenvalue weighted by Gasteiger charge is 2.27. The van der Waals surface area contributed by atoms with E-state index < -0.39 is 5.38 Å². The highest BCUT2D eigenvalue weighted by molar-refractivity contribution is 6.21. The van der Waals surface area contributed by atoms with Crippen LogP contribution in [-0.2, 0) is 5.38 Å². The van der Waals surface area contributed by atoms with Crippen molar-refractivity contribution in [2.45, 2.75) is 19.2 Å². The number of ether oxygens (including phenoxy) is 1. The van der Waals surface area contributed by atoms with Crippen LogP contribution in [0, 0.1) is 5.92 Å². The summed E-state index contributed by atoms with van der Waals surface area (Å²) in [5.74, 6) is 0.770. The van der Waals surface area contributed by atoms with Gasteiger partial charge >= 0.3 is 5.38 Å². The first-order valence-electron chi connectivity index (χ1n) is 4.69. The van der Waals surface area contributed by atoms with Gasteiger partial charge in [-0.2, -0.15) is 8.78 Å². The summed E-state index contributed by atoms with van der Waals surface area (Å²) in [5, 5.41) is -3.34. The Hall–Kier alpha value is -0.830. The lowest BCUT2D eigenvalue weighted by molar-refractivity contribution is 0.0946. The van der Waals surface area contributed by atoms with E-state index >= 15 is 0 Å². The molecule has 0 unspecified atom stereocenters. The molecule has 1 rings (SSSR count). The maximum absolute atomic E-state index is 12.7. The molecule has 0 amide bonds. The van der Waals surface area contributed by atoms with Crippen molar-refractivity contribution >= 4 is 11.6 Å². The summed E-state index contributed by atoms with van der Waals surface area (Å²) >= 11 is 4.90. The first kappa shape index (κ1) is 12.2. The molecule has 0 N–H and O–H groups in total. The molecule has 0 aliphatic rings. The third kappa shape index (κ3) is 4.04. The van der Waals surface area contributed by atoms with Crippen LogP contribution in [0.3, 0.4) is 0 Å². The lowest BCUT2D eigenvalue weighted by Crippen LogP contribution is -2.07. The van der Waals surface area contributed by atoms with Crippen molar-refractivity contribution in [3.05, 3.63) is 29.8 Å². The zero-order valence-corrected chi connectivity index (χ0v) is 9.39. The van der Waals surface area contributed by atoms with Crippen LogP contribution in [0.25, 0.3) is 0 Å². The summed E-state index contributed by atoms with van der Waals surface area (Å²) < 4.78 is 30.8. The second-order valence-electron chi connectivity index (χ2n) is 3.73. The molecule has 0 fully saturated rings. The van der Waals surface area contributed by atoms with E-state index in [-0.39, 0.29) is 5.56 Å². The molecule has 1 nitrogen and oxygen atoms in total. The largest absolute Gasteiger partial charge is 0.493 e. The molecule has 0 saturated heterocycles. The summed E-state index contributed by atoms with van der Waals surface area (Å²) in [7, 11) is 0. The highest BCUT2D eigenvalue weighted by Crippen LogP contribution is 2.33. The average Bonchev–Trinajstić information content (AvgIpc) is 2.14. The van der Waals surface area contributed by atoms with Gasteiger partial charge in [-0.25, -0.2) is 0 Å². The van der Waals surface area contributed by atoms with E-state index in [1.54, 1.807) is 6.07 Å². The van der Waals surface area contributed by atoms with Crippen molar-refractivity contribution in [2.24, 2.45) is 5.92 Å². The van der Waals surface area contributed by atoms with Crippen LogP contribution in [0.5, 0.6) is 5.75 Å². The summed E-state index contributed by atoms with van der Waals surface area (Å²) in [6.45, 7) is 4.47. The van der Waals surface area contributed by atoms with Gasteiger partial charge in [0.15, 0.2) is 0 Å².